The van der Waals surface area contributed by atoms with Crippen LogP contribution in [-0.4, -0.2) is 23.7 Å². The summed E-state index contributed by atoms with van der Waals surface area (Å²) in [5.74, 6) is -0.408. The van der Waals surface area contributed by atoms with Crippen LogP contribution in [0.15, 0.2) is 24.3 Å². The van der Waals surface area contributed by atoms with Crippen molar-refractivity contribution in [2.75, 3.05) is 11.6 Å². The third-order valence-electron chi connectivity index (χ3n) is 3.74. The molecule has 1 aliphatic rings. The Hall–Kier alpha value is -2.11. The number of hydrogen-bond acceptors (Lipinski definition) is 4. The monoisotopic (exact) mass is 292 g/mol. The molecule has 0 unspecified atom stereocenters. The maximum atomic E-state index is 11.6. The predicted octanol–water partition coefficient (Wildman–Crippen LogP) is 3.19. The summed E-state index contributed by atoms with van der Waals surface area (Å²) < 4.78 is 4.91. The Morgan fingerprint density at radius 1 is 1.29 bits per heavy atom. The number of ether oxygens (including phenoxy) is 1. The van der Waals surface area contributed by atoms with Crippen LogP contribution in [0, 0.1) is 10.1 Å². The standard InChI is InChI=1S/C15H20N2O4/c1-2-21-15(18)12-8-10-14(11-9-12)16(17(19)20)13-6-4-3-5-7-13/h8-11,13H,2-7H2,1H3. The van der Waals surface area contributed by atoms with E-state index in [9.17, 15) is 14.9 Å². The molecule has 1 aromatic rings. The zero-order chi connectivity index (χ0) is 15.2. The Morgan fingerprint density at radius 2 is 1.90 bits per heavy atom. The van der Waals surface area contributed by atoms with Crippen molar-refractivity contribution in [2.24, 2.45) is 0 Å². The van der Waals surface area contributed by atoms with Crippen LogP contribution in [0.25, 0.3) is 0 Å². The van der Waals surface area contributed by atoms with Gasteiger partial charge >= 0.3 is 5.97 Å². The molecular formula is C15H20N2O4. The van der Waals surface area contributed by atoms with Gasteiger partial charge in [0.05, 0.1) is 18.2 Å². The third-order valence-corrected chi connectivity index (χ3v) is 3.74. The molecule has 0 N–H and O–H groups in total. The Balaban J connectivity index is 2.17. The van der Waals surface area contributed by atoms with E-state index >= 15 is 0 Å². The lowest BCUT2D eigenvalue weighted by Crippen LogP contribution is -2.41. The number of nitrogens with zero attached hydrogens (tertiary/aromatic N) is 2. The molecule has 0 radical (unpaired) electrons. The van der Waals surface area contributed by atoms with Gasteiger partial charge in [-0.1, -0.05) is 24.3 Å². The summed E-state index contributed by atoms with van der Waals surface area (Å²) >= 11 is 0. The summed E-state index contributed by atoms with van der Waals surface area (Å²) in [6, 6.07) is 6.31. The number of benzene rings is 1. The van der Waals surface area contributed by atoms with E-state index in [0.29, 0.717) is 17.9 Å². The minimum absolute atomic E-state index is 0.0674. The van der Waals surface area contributed by atoms with Crippen LogP contribution in [0.5, 0.6) is 0 Å². The van der Waals surface area contributed by atoms with Gasteiger partial charge in [0, 0.05) is 0 Å². The highest BCUT2D eigenvalue weighted by molar-refractivity contribution is 5.89. The van der Waals surface area contributed by atoms with Crippen LogP contribution in [0.3, 0.4) is 0 Å². The molecule has 0 aromatic heterocycles. The number of esters is 1. The van der Waals surface area contributed by atoms with Gasteiger partial charge in [-0.15, -0.1) is 0 Å². The first-order chi connectivity index (χ1) is 10.1. The normalized spacial score (nSPS) is 15.5. The molecular weight excluding hydrogens is 272 g/mol. The van der Waals surface area contributed by atoms with Gasteiger partial charge in [-0.05, 0) is 44.0 Å². The van der Waals surface area contributed by atoms with Gasteiger partial charge < -0.3 is 4.74 Å². The fourth-order valence-corrected chi connectivity index (χ4v) is 2.73. The molecule has 0 saturated heterocycles. The summed E-state index contributed by atoms with van der Waals surface area (Å²) in [5.41, 5.74) is 0.924. The molecule has 1 fully saturated rings. The van der Waals surface area contributed by atoms with Crippen LogP contribution in [0.1, 0.15) is 49.4 Å². The molecule has 0 aliphatic heterocycles. The summed E-state index contributed by atoms with van der Waals surface area (Å²) in [7, 11) is 0. The van der Waals surface area contributed by atoms with Gasteiger partial charge in [-0.2, -0.15) is 0 Å². The number of hydrogen-bond donors (Lipinski definition) is 0. The van der Waals surface area contributed by atoms with Crippen molar-refractivity contribution in [3.63, 3.8) is 0 Å². The van der Waals surface area contributed by atoms with E-state index in [1.54, 1.807) is 31.2 Å². The second kappa shape index (κ2) is 7.06. The Labute approximate surface area is 123 Å². The maximum Gasteiger partial charge on any atom is 0.338 e. The molecule has 21 heavy (non-hydrogen) atoms. The summed E-state index contributed by atoms with van der Waals surface area (Å²) in [6.45, 7) is 2.05. The van der Waals surface area contributed by atoms with Gasteiger partial charge in [0.15, 0.2) is 5.03 Å². The fourth-order valence-electron chi connectivity index (χ4n) is 2.73. The minimum atomic E-state index is -0.408. The molecule has 0 atom stereocenters. The van der Waals surface area contributed by atoms with Crippen LogP contribution < -0.4 is 5.01 Å². The van der Waals surface area contributed by atoms with Gasteiger partial charge in [0.1, 0.15) is 5.69 Å². The molecule has 0 bridgehead atoms. The molecule has 6 nitrogen and oxygen atoms in total. The van der Waals surface area contributed by atoms with Gasteiger partial charge in [0.25, 0.3) is 0 Å². The number of carbonyl (C=O) groups excluding carboxylic acids is 1. The second-order valence-electron chi connectivity index (χ2n) is 5.14. The predicted molar refractivity (Wildman–Crippen MR) is 78.7 cm³/mol. The fraction of sp³-hybridized carbons (Fsp3) is 0.533. The second-order valence-corrected chi connectivity index (χ2v) is 5.14. The highest BCUT2D eigenvalue weighted by atomic mass is 16.7. The van der Waals surface area contributed by atoms with Crippen molar-refractivity contribution in [3.8, 4) is 0 Å². The maximum absolute atomic E-state index is 11.6. The summed E-state index contributed by atoms with van der Waals surface area (Å²) in [6.07, 6.45) is 4.86. The van der Waals surface area contributed by atoms with E-state index in [2.05, 4.69) is 0 Å². The quantitative estimate of drug-likeness (QED) is 0.473. The molecule has 2 rings (SSSR count). The number of carbonyl (C=O) groups is 1. The smallest absolute Gasteiger partial charge is 0.338 e. The van der Waals surface area contributed by atoms with Gasteiger partial charge in [-0.3, -0.25) is 0 Å². The Bertz CT molecular complexity index is 495. The first kappa shape index (κ1) is 15.3. The Kier molecular flexibility index (Phi) is 5.14. The van der Waals surface area contributed by atoms with Crippen LogP contribution in [-0.2, 0) is 4.74 Å². The SMILES string of the molecule is CCOC(=O)c1ccc(N(C2CCCCC2)[N+](=O)[O-])cc1. The molecule has 0 heterocycles. The van der Waals surface area contributed by atoms with Crippen molar-refractivity contribution in [1.82, 2.24) is 0 Å². The van der Waals surface area contributed by atoms with E-state index in [0.717, 1.165) is 32.1 Å². The van der Waals surface area contributed by atoms with Gasteiger partial charge in [-0.25, -0.2) is 14.9 Å². The van der Waals surface area contributed by atoms with Crippen LogP contribution in [0.2, 0.25) is 0 Å². The number of rotatable bonds is 5. The van der Waals surface area contributed by atoms with Crippen molar-refractivity contribution in [2.45, 2.75) is 45.1 Å². The average Bonchev–Trinajstić information content (AvgIpc) is 2.49. The molecule has 1 aromatic carbocycles. The van der Waals surface area contributed by atoms with Crippen LogP contribution >= 0.6 is 0 Å². The van der Waals surface area contributed by atoms with Gasteiger partial charge in [0.2, 0.25) is 0 Å². The zero-order valence-corrected chi connectivity index (χ0v) is 12.2. The highest BCUT2D eigenvalue weighted by Gasteiger charge is 2.29. The summed E-state index contributed by atoms with van der Waals surface area (Å²) in [4.78, 5) is 23.0. The molecule has 1 aliphatic carbocycles. The lowest BCUT2D eigenvalue weighted by molar-refractivity contribution is -0.501. The lowest BCUT2D eigenvalue weighted by Gasteiger charge is -2.27. The highest BCUT2D eigenvalue weighted by Crippen LogP contribution is 2.27. The van der Waals surface area contributed by atoms with Crippen molar-refractivity contribution < 1.29 is 14.6 Å². The molecule has 1 saturated carbocycles. The van der Waals surface area contributed by atoms with Crippen molar-refractivity contribution >= 4 is 11.7 Å². The molecule has 114 valence electrons. The minimum Gasteiger partial charge on any atom is -0.462 e. The van der Waals surface area contributed by atoms with E-state index in [-0.39, 0.29) is 11.1 Å². The molecule has 6 heteroatoms. The largest absolute Gasteiger partial charge is 0.462 e. The van der Waals surface area contributed by atoms with Crippen molar-refractivity contribution in [3.05, 3.63) is 39.9 Å². The average molecular weight is 292 g/mol. The van der Waals surface area contributed by atoms with Crippen LogP contribution in [0.4, 0.5) is 5.69 Å². The topological polar surface area (TPSA) is 72.7 Å². The number of hydrazine groups is 1. The zero-order valence-electron chi connectivity index (χ0n) is 12.2. The molecule has 0 amide bonds. The van der Waals surface area contributed by atoms with E-state index in [1.807, 2.05) is 0 Å². The van der Waals surface area contributed by atoms with E-state index < -0.39 is 5.97 Å². The Morgan fingerprint density at radius 3 is 2.43 bits per heavy atom. The summed E-state index contributed by atoms with van der Waals surface area (Å²) in [5, 5.41) is 12.2. The first-order valence-corrected chi connectivity index (χ1v) is 7.34. The number of anilines is 1. The molecule has 0 spiro atoms. The number of nitro groups is 1. The first-order valence-electron chi connectivity index (χ1n) is 7.34. The lowest BCUT2D eigenvalue weighted by atomic mass is 9.95. The van der Waals surface area contributed by atoms with E-state index in [4.69, 9.17) is 4.74 Å². The van der Waals surface area contributed by atoms with E-state index in [1.165, 1.54) is 5.01 Å². The van der Waals surface area contributed by atoms with Crippen molar-refractivity contribution in [1.29, 1.82) is 0 Å². The third kappa shape index (κ3) is 3.71.